The zero-order valence-corrected chi connectivity index (χ0v) is 13.3. The van der Waals surface area contributed by atoms with Crippen molar-refractivity contribution >= 4 is 28.3 Å². The van der Waals surface area contributed by atoms with Gasteiger partial charge in [0.2, 0.25) is 11.8 Å². The fourth-order valence-corrected chi connectivity index (χ4v) is 3.29. The number of aromatic nitrogens is 1. The molecule has 2 aromatic heterocycles. The van der Waals surface area contributed by atoms with Crippen molar-refractivity contribution in [2.24, 2.45) is 0 Å². The molecule has 2 aromatic rings. The quantitative estimate of drug-likeness (QED) is 0.827. The molecule has 0 bridgehead atoms. The highest BCUT2D eigenvalue weighted by atomic mass is 32.1. The lowest BCUT2D eigenvalue weighted by molar-refractivity contribution is -0.126. The highest BCUT2D eigenvalue weighted by Gasteiger charge is 2.32. The minimum absolute atomic E-state index is 0.0399. The molecule has 3 heterocycles. The lowest BCUT2D eigenvalue weighted by Gasteiger charge is -2.22. The summed E-state index contributed by atoms with van der Waals surface area (Å²) >= 11 is 1.52. The molecule has 0 saturated carbocycles. The molecule has 2 amide bonds. The summed E-state index contributed by atoms with van der Waals surface area (Å²) in [7, 11) is 0. The van der Waals surface area contributed by atoms with Crippen molar-refractivity contribution in [2.45, 2.75) is 25.4 Å². The summed E-state index contributed by atoms with van der Waals surface area (Å²) in [6.07, 6.45) is 5.01. The van der Waals surface area contributed by atoms with Crippen LogP contribution in [-0.4, -0.2) is 35.9 Å². The van der Waals surface area contributed by atoms with Gasteiger partial charge < -0.3 is 20.0 Å². The average molecular weight is 334 g/mol. The second-order valence-electron chi connectivity index (χ2n) is 5.24. The van der Waals surface area contributed by atoms with E-state index in [0.29, 0.717) is 12.3 Å². The van der Waals surface area contributed by atoms with Gasteiger partial charge in [-0.1, -0.05) is 0 Å². The standard InChI is InChI=1S/C15H18N4O3S/c20-13(17-9-11-3-2-7-22-11)10-18-14(21)12-4-1-6-19(12)15-16-5-8-23-15/h2-3,5,7-8,12H,1,4,6,9-10H2,(H,17,20)(H,18,21)/t12-/m0/s1. The molecule has 0 spiro atoms. The smallest absolute Gasteiger partial charge is 0.243 e. The fraction of sp³-hybridized carbons (Fsp3) is 0.400. The maximum absolute atomic E-state index is 12.3. The summed E-state index contributed by atoms with van der Waals surface area (Å²) in [6, 6.07) is 3.29. The van der Waals surface area contributed by atoms with E-state index >= 15 is 0 Å². The molecular weight excluding hydrogens is 316 g/mol. The van der Waals surface area contributed by atoms with Gasteiger partial charge in [-0.25, -0.2) is 4.98 Å². The monoisotopic (exact) mass is 334 g/mol. The van der Waals surface area contributed by atoms with Crippen molar-refractivity contribution < 1.29 is 14.0 Å². The second-order valence-corrected chi connectivity index (χ2v) is 6.11. The Kier molecular flexibility index (Phi) is 4.92. The van der Waals surface area contributed by atoms with Crippen LogP contribution in [0.2, 0.25) is 0 Å². The number of carbonyl (C=O) groups is 2. The summed E-state index contributed by atoms with van der Waals surface area (Å²) < 4.78 is 5.13. The Bertz CT molecular complexity index is 642. The van der Waals surface area contributed by atoms with E-state index in [0.717, 1.165) is 24.5 Å². The number of hydrogen-bond donors (Lipinski definition) is 2. The van der Waals surface area contributed by atoms with Crippen LogP contribution < -0.4 is 15.5 Å². The van der Waals surface area contributed by atoms with Crippen LogP contribution in [0.25, 0.3) is 0 Å². The first-order valence-corrected chi connectivity index (χ1v) is 8.35. The molecular formula is C15H18N4O3S. The number of nitrogens with one attached hydrogen (secondary N) is 2. The van der Waals surface area contributed by atoms with Crippen LogP contribution in [0.5, 0.6) is 0 Å². The predicted octanol–water partition coefficient (Wildman–Crippen LogP) is 1.14. The first kappa shape index (κ1) is 15.5. The third-order valence-electron chi connectivity index (χ3n) is 3.68. The maximum Gasteiger partial charge on any atom is 0.243 e. The van der Waals surface area contributed by atoms with Gasteiger partial charge in [-0.15, -0.1) is 11.3 Å². The lowest BCUT2D eigenvalue weighted by Crippen LogP contribution is -2.46. The molecule has 122 valence electrons. The average Bonchev–Trinajstić information content (AvgIpc) is 3.31. The van der Waals surface area contributed by atoms with Crippen molar-refractivity contribution in [1.29, 1.82) is 0 Å². The molecule has 1 aliphatic rings. The molecule has 1 atom stereocenters. The first-order valence-electron chi connectivity index (χ1n) is 7.47. The van der Waals surface area contributed by atoms with E-state index in [-0.39, 0.29) is 24.4 Å². The zero-order valence-electron chi connectivity index (χ0n) is 12.5. The Morgan fingerprint density at radius 1 is 1.43 bits per heavy atom. The largest absolute Gasteiger partial charge is 0.467 e. The van der Waals surface area contributed by atoms with Crippen molar-refractivity contribution in [1.82, 2.24) is 15.6 Å². The maximum atomic E-state index is 12.3. The van der Waals surface area contributed by atoms with Crippen molar-refractivity contribution in [3.63, 3.8) is 0 Å². The van der Waals surface area contributed by atoms with Crippen LogP contribution in [0, 0.1) is 0 Å². The van der Waals surface area contributed by atoms with Gasteiger partial charge in [0.15, 0.2) is 5.13 Å². The minimum Gasteiger partial charge on any atom is -0.467 e. The Labute approximate surface area is 137 Å². The number of nitrogens with zero attached hydrogens (tertiary/aromatic N) is 2. The summed E-state index contributed by atoms with van der Waals surface area (Å²) in [6.45, 7) is 1.09. The van der Waals surface area contributed by atoms with Gasteiger partial charge >= 0.3 is 0 Å². The predicted molar refractivity (Wildman–Crippen MR) is 86.0 cm³/mol. The van der Waals surface area contributed by atoms with E-state index < -0.39 is 0 Å². The van der Waals surface area contributed by atoms with Crippen LogP contribution in [0.15, 0.2) is 34.4 Å². The van der Waals surface area contributed by atoms with Gasteiger partial charge in [0.1, 0.15) is 11.8 Å². The molecule has 0 radical (unpaired) electrons. The highest BCUT2D eigenvalue weighted by Crippen LogP contribution is 2.27. The Morgan fingerprint density at radius 2 is 2.35 bits per heavy atom. The molecule has 0 aromatic carbocycles. The van der Waals surface area contributed by atoms with Crippen LogP contribution in [0.3, 0.4) is 0 Å². The van der Waals surface area contributed by atoms with E-state index in [2.05, 4.69) is 15.6 Å². The van der Waals surface area contributed by atoms with E-state index in [1.54, 1.807) is 24.6 Å². The lowest BCUT2D eigenvalue weighted by atomic mass is 10.2. The number of thiazole rings is 1. The van der Waals surface area contributed by atoms with Gasteiger partial charge in [0.25, 0.3) is 0 Å². The molecule has 0 unspecified atom stereocenters. The number of rotatable bonds is 6. The minimum atomic E-state index is -0.251. The molecule has 3 rings (SSSR count). The van der Waals surface area contributed by atoms with E-state index in [1.807, 2.05) is 10.3 Å². The molecule has 0 aliphatic carbocycles. The summed E-state index contributed by atoms with van der Waals surface area (Å²) in [5, 5.41) is 8.14. The fourth-order valence-electron chi connectivity index (χ4n) is 2.57. The van der Waals surface area contributed by atoms with Crippen molar-refractivity contribution in [3.05, 3.63) is 35.7 Å². The van der Waals surface area contributed by atoms with Crippen LogP contribution >= 0.6 is 11.3 Å². The number of carbonyl (C=O) groups excluding carboxylic acids is 2. The van der Waals surface area contributed by atoms with E-state index in [1.165, 1.54) is 11.3 Å². The number of amides is 2. The normalized spacial score (nSPS) is 17.2. The van der Waals surface area contributed by atoms with Gasteiger partial charge in [-0.2, -0.15) is 0 Å². The molecule has 1 saturated heterocycles. The van der Waals surface area contributed by atoms with Gasteiger partial charge in [0.05, 0.1) is 19.4 Å². The first-order chi connectivity index (χ1) is 11.2. The molecule has 2 N–H and O–H groups in total. The molecule has 1 fully saturated rings. The zero-order chi connectivity index (χ0) is 16.1. The second kappa shape index (κ2) is 7.28. The molecule has 23 heavy (non-hydrogen) atoms. The SMILES string of the molecule is O=C(CNC(=O)[C@@H]1CCCN1c1nccs1)NCc1ccco1. The van der Waals surface area contributed by atoms with Crippen molar-refractivity contribution in [2.75, 3.05) is 18.0 Å². The molecule has 1 aliphatic heterocycles. The number of anilines is 1. The Hall–Kier alpha value is -2.35. The van der Waals surface area contributed by atoms with Crippen LogP contribution in [-0.2, 0) is 16.1 Å². The Morgan fingerprint density at radius 3 is 3.09 bits per heavy atom. The number of hydrogen-bond acceptors (Lipinski definition) is 6. The topological polar surface area (TPSA) is 87.5 Å². The van der Waals surface area contributed by atoms with E-state index in [4.69, 9.17) is 4.42 Å². The Balaban J connectivity index is 1.46. The summed E-state index contributed by atoms with van der Waals surface area (Å²) in [4.78, 5) is 30.3. The van der Waals surface area contributed by atoms with Crippen LogP contribution in [0.4, 0.5) is 5.13 Å². The third-order valence-corrected chi connectivity index (χ3v) is 4.49. The third kappa shape index (κ3) is 3.89. The van der Waals surface area contributed by atoms with Gasteiger partial charge in [-0.3, -0.25) is 9.59 Å². The number of furan rings is 1. The summed E-state index contributed by atoms with van der Waals surface area (Å²) in [5.41, 5.74) is 0. The highest BCUT2D eigenvalue weighted by molar-refractivity contribution is 7.13. The van der Waals surface area contributed by atoms with Crippen molar-refractivity contribution in [3.8, 4) is 0 Å². The van der Waals surface area contributed by atoms with Gasteiger partial charge in [-0.05, 0) is 25.0 Å². The van der Waals surface area contributed by atoms with E-state index in [9.17, 15) is 9.59 Å². The van der Waals surface area contributed by atoms with Gasteiger partial charge in [0, 0.05) is 18.1 Å². The summed E-state index contributed by atoms with van der Waals surface area (Å²) in [5.74, 6) is 0.301. The van der Waals surface area contributed by atoms with Crippen LogP contribution in [0.1, 0.15) is 18.6 Å². The molecule has 8 heteroatoms. The molecule has 7 nitrogen and oxygen atoms in total.